The number of carbonyl (C=O) groups excluding carboxylic acids is 3. The minimum Gasteiger partial charge on any atom is -0.462 e. The minimum atomic E-state index is -0.823. The van der Waals surface area contributed by atoms with Crippen LogP contribution in [0.1, 0.15) is 188 Å². The van der Waals surface area contributed by atoms with Crippen molar-refractivity contribution < 1.29 is 28.6 Å². The average Bonchev–Trinajstić information content (AvgIpc) is 3.26. The second kappa shape index (κ2) is 48.5. The van der Waals surface area contributed by atoms with Crippen LogP contribution in [0.2, 0.25) is 0 Å². The lowest BCUT2D eigenvalue weighted by Crippen LogP contribution is -2.30. The van der Waals surface area contributed by atoms with Gasteiger partial charge in [0.1, 0.15) is 13.2 Å². The Hall–Kier alpha value is -4.19. The summed E-state index contributed by atoms with van der Waals surface area (Å²) in [6.45, 7) is 6.15. The van der Waals surface area contributed by atoms with Crippen LogP contribution in [0.25, 0.3) is 0 Å². The summed E-state index contributed by atoms with van der Waals surface area (Å²) in [5.41, 5.74) is 0. The molecule has 0 aromatic heterocycles. The third-order valence-electron chi connectivity index (χ3n) is 9.54. The van der Waals surface area contributed by atoms with Gasteiger partial charge >= 0.3 is 17.9 Å². The number of carbonyl (C=O) groups is 3. The first-order valence-corrected chi connectivity index (χ1v) is 24.1. The molecule has 1 atom stereocenters. The molecule has 0 heterocycles. The van der Waals surface area contributed by atoms with Gasteiger partial charge in [0.05, 0.1) is 0 Å². The van der Waals surface area contributed by atoms with Crippen molar-refractivity contribution in [3.8, 4) is 0 Å². The molecule has 0 amide bonds. The molecule has 342 valence electrons. The summed E-state index contributed by atoms with van der Waals surface area (Å²) in [6.07, 6.45) is 66.2. The van der Waals surface area contributed by atoms with Crippen LogP contribution in [0.3, 0.4) is 0 Å². The van der Waals surface area contributed by atoms with Crippen molar-refractivity contribution >= 4 is 17.9 Å². The Morgan fingerprint density at radius 3 is 1.20 bits per heavy atom. The molecular weight excluding hydrogens is 757 g/mol. The molecule has 0 bridgehead atoms. The summed E-state index contributed by atoms with van der Waals surface area (Å²) in [7, 11) is 0. The standard InChI is InChI=1S/C55H86O6/c1-4-7-10-13-16-19-22-24-25-26-27-28-29-31-33-36-39-42-45-48-54(57)60-51-52(50-59-53(56)47-44-41-38-35-32-21-18-15-12-9-6-3)61-55(58)49-46-43-40-37-34-30-23-20-17-14-11-8-5-2/h7-12,14,16-21,23-25,30,34-35,38,52H,4-6,13,15,22,26-29,31-33,36-37,39-51H2,1-3H3/b10-7-,11-8-,12-9-,17-14-,19-16-,21-18-,23-20-,25-24-,34-30-,38-35-. The molecule has 0 saturated heterocycles. The lowest BCUT2D eigenvalue weighted by molar-refractivity contribution is -0.167. The highest BCUT2D eigenvalue weighted by Gasteiger charge is 2.19. The number of ether oxygens (including phenoxy) is 3. The number of unbranched alkanes of at least 4 members (excludes halogenated alkanes) is 13. The maximum Gasteiger partial charge on any atom is 0.306 e. The molecule has 0 fully saturated rings. The van der Waals surface area contributed by atoms with Gasteiger partial charge in [0.15, 0.2) is 6.10 Å². The Balaban J connectivity index is 4.46. The first-order chi connectivity index (χ1) is 30.0. The van der Waals surface area contributed by atoms with Gasteiger partial charge in [0.2, 0.25) is 0 Å². The summed E-state index contributed by atoms with van der Waals surface area (Å²) in [4.78, 5) is 37.8. The zero-order valence-corrected chi connectivity index (χ0v) is 38.9. The fourth-order valence-corrected chi connectivity index (χ4v) is 6.02. The van der Waals surface area contributed by atoms with Crippen molar-refractivity contribution in [3.05, 3.63) is 122 Å². The average molecular weight is 843 g/mol. The van der Waals surface area contributed by atoms with Crippen LogP contribution in [0.15, 0.2) is 122 Å². The van der Waals surface area contributed by atoms with E-state index < -0.39 is 6.10 Å². The fraction of sp³-hybridized carbons (Fsp3) is 0.582. The summed E-state index contributed by atoms with van der Waals surface area (Å²) >= 11 is 0. The predicted octanol–water partition coefficient (Wildman–Crippen LogP) is 15.7. The van der Waals surface area contributed by atoms with Crippen LogP contribution >= 0.6 is 0 Å². The second-order valence-corrected chi connectivity index (χ2v) is 15.3. The van der Waals surface area contributed by atoms with Crippen molar-refractivity contribution in [2.24, 2.45) is 0 Å². The Labute approximate surface area is 373 Å². The van der Waals surface area contributed by atoms with Gasteiger partial charge in [0, 0.05) is 19.3 Å². The van der Waals surface area contributed by atoms with Crippen molar-refractivity contribution in [3.63, 3.8) is 0 Å². The lowest BCUT2D eigenvalue weighted by atomic mass is 10.1. The van der Waals surface area contributed by atoms with Crippen molar-refractivity contribution in [1.29, 1.82) is 0 Å². The Morgan fingerprint density at radius 2 is 0.689 bits per heavy atom. The molecule has 0 spiro atoms. The normalized spacial score (nSPS) is 13.2. The van der Waals surface area contributed by atoms with E-state index in [1.807, 2.05) is 36.5 Å². The van der Waals surface area contributed by atoms with E-state index in [1.165, 1.54) is 38.5 Å². The zero-order valence-electron chi connectivity index (χ0n) is 38.9. The quantitative estimate of drug-likeness (QED) is 0.0201. The van der Waals surface area contributed by atoms with Gasteiger partial charge in [-0.1, -0.05) is 194 Å². The van der Waals surface area contributed by atoms with Gasteiger partial charge in [-0.05, 0) is 96.3 Å². The smallest absolute Gasteiger partial charge is 0.306 e. The highest BCUT2D eigenvalue weighted by atomic mass is 16.6. The van der Waals surface area contributed by atoms with Crippen molar-refractivity contribution in [2.75, 3.05) is 13.2 Å². The van der Waals surface area contributed by atoms with Gasteiger partial charge in [-0.2, -0.15) is 0 Å². The van der Waals surface area contributed by atoms with Crippen LogP contribution in [0.4, 0.5) is 0 Å². The lowest BCUT2D eigenvalue weighted by Gasteiger charge is -2.18. The number of esters is 3. The molecule has 0 radical (unpaired) electrons. The molecule has 0 N–H and O–H groups in total. The molecule has 61 heavy (non-hydrogen) atoms. The van der Waals surface area contributed by atoms with Gasteiger partial charge in [-0.25, -0.2) is 0 Å². The Bertz CT molecular complexity index is 1340. The van der Waals surface area contributed by atoms with Gasteiger partial charge in [-0.15, -0.1) is 0 Å². The highest BCUT2D eigenvalue weighted by molar-refractivity contribution is 5.71. The molecule has 0 aromatic rings. The van der Waals surface area contributed by atoms with E-state index in [0.29, 0.717) is 19.3 Å². The molecule has 0 saturated carbocycles. The first-order valence-electron chi connectivity index (χ1n) is 24.1. The summed E-state index contributed by atoms with van der Waals surface area (Å²) in [5, 5.41) is 0. The maximum atomic E-state index is 12.7. The van der Waals surface area contributed by atoms with Crippen LogP contribution in [0, 0.1) is 0 Å². The van der Waals surface area contributed by atoms with Crippen molar-refractivity contribution in [1.82, 2.24) is 0 Å². The SMILES string of the molecule is CC\C=C/C=C\C=C/C=C\CCCCCC(=O)OC(COC(=O)CCC/C=C\C/C=C\C/C=C\CC)COC(=O)CCCCCCCCCCC/C=C\C/C=C\C/C=C\CC. The largest absolute Gasteiger partial charge is 0.462 e. The Kier molecular flexibility index (Phi) is 45.1. The molecule has 0 aromatic carbocycles. The topological polar surface area (TPSA) is 78.9 Å². The van der Waals surface area contributed by atoms with E-state index in [-0.39, 0.29) is 44.0 Å². The molecular formula is C55H86O6. The summed E-state index contributed by atoms with van der Waals surface area (Å²) < 4.78 is 16.6. The van der Waals surface area contributed by atoms with E-state index in [0.717, 1.165) is 96.3 Å². The van der Waals surface area contributed by atoms with Gasteiger partial charge in [0.25, 0.3) is 0 Å². The molecule has 6 nitrogen and oxygen atoms in total. The Morgan fingerprint density at radius 1 is 0.344 bits per heavy atom. The van der Waals surface area contributed by atoms with E-state index in [9.17, 15) is 14.4 Å². The van der Waals surface area contributed by atoms with E-state index in [2.05, 4.69) is 106 Å². The predicted molar refractivity (Wildman–Crippen MR) is 260 cm³/mol. The highest BCUT2D eigenvalue weighted by Crippen LogP contribution is 2.13. The maximum absolute atomic E-state index is 12.7. The van der Waals surface area contributed by atoms with Crippen LogP contribution in [-0.2, 0) is 28.6 Å². The number of hydrogen-bond donors (Lipinski definition) is 0. The van der Waals surface area contributed by atoms with E-state index in [4.69, 9.17) is 14.2 Å². The number of hydrogen-bond acceptors (Lipinski definition) is 6. The molecule has 0 aliphatic carbocycles. The third-order valence-corrected chi connectivity index (χ3v) is 9.54. The minimum absolute atomic E-state index is 0.117. The van der Waals surface area contributed by atoms with Gasteiger partial charge < -0.3 is 14.2 Å². The van der Waals surface area contributed by atoms with E-state index >= 15 is 0 Å². The van der Waals surface area contributed by atoms with Crippen molar-refractivity contribution in [2.45, 2.75) is 194 Å². The number of allylic oxidation sites excluding steroid dienone is 20. The van der Waals surface area contributed by atoms with E-state index in [1.54, 1.807) is 0 Å². The monoisotopic (exact) mass is 843 g/mol. The van der Waals surface area contributed by atoms with Gasteiger partial charge in [-0.3, -0.25) is 14.4 Å². The molecule has 0 aliphatic heterocycles. The number of rotatable bonds is 41. The second-order valence-electron chi connectivity index (χ2n) is 15.3. The molecule has 0 rings (SSSR count). The molecule has 1 unspecified atom stereocenters. The summed E-state index contributed by atoms with van der Waals surface area (Å²) in [5.74, 6) is -1.03. The van der Waals surface area contributed by atoms with Crippen LogP contribution in [0.5, 0.6) is 0 Å². The molecule has 6 heteroatoms. The fourth-order valence-electron chi connectivity index (χ4n) is 6.02. The first kappa shape index (κ1) is 56.8. The zero-order chi connectivity index (χ0) is 44.4. The van der Waals surface area contributed by atoms with Crippen LogP contribution < -0.4 is 0 Å². The molecule has 0 aliphatic rings. The van der Waals surface area contributed by atoms with Crippen LogP contribution in [-0.4, -0.2) is 37.2 Å². The third kappa shape index (κ3) is 46.7. The summed E-state index contributed by atoms with van der Waals surface area (Å²) in [6, 6.07) is 0.